The fourth-order valence-electron chi connectivity index (χ4n) is 4.96. The van der Waals surface area contributed by atoms with Crippen LogP contribution >= 0.6 is 0 Å². The third-order valence-corrected chi connectivity index (χ3v) is 8.39. The first-order chi connectivity index (χ1) is 12.8. The lowest BCUT2D eigenvalue weighted by Crippen LogP contribution is -2.46. The van der Waals surface area contributed by atoms with E-state index in [0.717, 1.165) is 32.1 Å². The van der Waals surface area contributed by atoms with Crippen molar-refractivity contribution in [1.29, 1.82) is 0 Å². The molecule has 2 aliphatic rings. The average molecular weight is 391 g/mol. The summed E-state index contributed by atoms with van der Waals surface area (Å²) >= 11 is 0. The van der Waals surface area contributed by atoms with Gasteiger partial charge in [-0.15, -0.1) is 0 Å². The normalized spacial score (nSPS) is 27.6. The number of hydrogen-bond donors (Lipinski definition) is 1. The van der Waals surface area contributed by atoms with Gasteiger partial charge in [0.15, 0.2) is 0 Å². The highest BCUT2D eigenvalue weighted by molar-refractivity contribution is 7.89. The van der Waals surface area contributed by atoms with Crippen LogP contribution in [0.2, 0.25) is 0 Å². The second-order valence-electron chi connectivity index (χ2n) is 8.65. The third-order valence-electron chi connectivity index (χ3n) is 6.46. The van der Waals surface area contributed by atoms with Crippen LogP contribution in [-0.2, 0) is 10.0 Å². The van der Waals surface area contributed by atoms with Crippen LogP contribution in [0.25, 0.3) is 0 Å². The number of nitrogen functional groups attached to an aromatic ring is 1. The van der Waals surface area contributed by atoms with E-state index < -0.39 is 10.0 Å². The summed E-state index contributed by atoms with van der Waals surface area (Å²) in [7, 11) is -3.52. The van der Waals surface area contributed by atoms with Crippen LogP contribution in [0, 0.1) is 17.8 Å². The van der Waals surface area contributed by atoms with E-state index in [1.54, 1.807) is 24.3 Å². The van der Waals surface area contributed by atoms with Gasteiger partial charge >= 0.3 is 0 Å². The van der Waals surface area contributed by atoms with Crippen molar-refractivity contribution in [3.63, 3.8) is 0 Å². The number of benzene rings is 1. The Labute approximate surface area is 164 Å². The quantitative estimate of drug-likeness (QED) is 0.578. The van der Waals surface area contributed by atoms with Crippen LogP contribution in [0.5, 0.6) is 0 Å². The summed E-state index contributed by atoms with van der Waals surface area (Å²) in [4.78, 5) is 0.366. The van der Waals surface area contributed by atoms with E-state index in [4.69, 9.17) is 5.73 Å². The lowest BCUT2D eigenvalue weighted by molar-refractivity contribution is 0.170. The van der Waals surface area contributed by atoms with Crippen molar-refractivity contribution < 1.29 is 8.42 Å². The van der Waals surface area contributed by atoms with Gasteiger partial charge in [-0.3, -0.25) is 0 Å². The van der Waals surface area contributed by atoms with Gasteiger partial charge in [0, 0.05) is 18.3 Å². The third kappa shape index (κ3) is 4.57. The zero-order chi connectivity index (χ0) is 19.6. The summed E-state index contributed by atoms with van der Waals surface area (Å²) in [6.07, 6.45) is 8.79. The molecule has 0 saturated heterocycles. The van der Waals surface area contributed by atoms with Crippen molar-refractivity contribution in [2.24, 2.45) is 17.8 Å². The Kier molecular flexibility index (Phi) is 6.32. The highest BCUT2D eigenvalue weighted by Crippen LogP contribution is 2.37. The molecule has 1 fully saturated rings. The second kappa shape index (κ2) is 8.36. The van der Waals surface area contributed by atoms with Crippen molar-refractivity contribution in [2.75, 3.05) is 12.3 Å². The summed E-state index contributed by atoms with van der Waals surface area (Å²) < 4.78 is 29.0. The standard InChI is InChI=1S/C22H34N2O2S/c1-16-13-17(2)22(18(3)14-16)15-24(20-7-5-4-6-8-20)27(25,26)21-11-9-19(23)10-12-21/h9-13,17-18,20,22H,4-8,14-15,23H2,1-3H3/t17-,18-,22+/m1/s1. The molecule has 0 aromatic heterocycles. The first kappa shape index (κ1) is 20.4. The van der Waals surface area contributed by atoms with Gasteiger partial charge in [0.1, 0.15) is 0 Å². The molecule has 0 aliphatic heterocycles. The maximum atomic E-state index is 13.6. The topological polar surface area (TPSA) is 63.4 Å². The lowest BCUT2D eigenvalue weighted by atomic mass is 9.75. The fourth-order valence-corrected chi connectivity index (χ4v) is 6.68. The lowest BCUT2D eigenvalue weighted by Gasteiger charge is -2.40. The van der Waals surface area contributed by atoms with Crippen molar-refractivity contribution in [1.82, 2.24) is 4.31 Å². The molecule has 150 valence electrons. The number of sulfonamides is 1. The molecule has 2 aliphatic carbocycles. The Hall–Kier alpha value is -1.33. The minimum absolute atomic E-state index is 0.118. The average Bonchev–Trinajstić information content (AvgIpc) is 2.62. The van der Waals surface area contributed by atoms with Gasteiger partial charge < -0.3 is 5.73 Å². The summed E-state index contributed by atoms with van der Waals surface area (Å²) in [5, 5.41) is 0. The van der Waals surface area contributed by atoms with Gasteiger partial charge in [0.05, 0.1) is 4.90 Å². The molecule has 0 radical (unpaired) electrons. The Morgan fingerprint density at radius 1 is 1.07 bits per heavy atom. The molecule has 3 atom stereocenters. The maximum absolute atomic E-state index is 13.6. The smallest absolute Gasteiger partial charge is 0.243 e. The van der Waals surface area contributed by atoms with Crippen LogP contribution in [0.4, 0.5) is 5.69 Å². The van der Waals surface area contributed by atoms with Crippen molar-refractivity contribution in [3.05, 3.63) is 35.9 Å². The van der Waals surface area contributed by atoms with Crippen molar-refractivity contribution in [2.45, 2.75) is 70.2 Å². The molecular weight excluding hydrogens is 356 g/mol. The molecular formula is C22H34N2O2S. The molecule has 0 heterocycles. The molecule has 2 N–H and O–H groups in total. The first-order valence-corrected chi connectivity index (χ1v) is 11.8. The monoisotopic (exact) mass is 390 g/mol. The molecule has 4 nitrogen and oxygen atoms in total. The number of nitrogens with two attached hydrogens (primary N) is 1. The molecule has 0 bridgehead atoms. The highest BCUT2D eigenvalue weighted by Gasteiger charge is 2.37. The SMILES string of the molecule is CC1=C[C@@H](C)[C@H](CN(C2CCCCC2)S(=O)(=O)c2ccc(N)cc2)[C@H](C)C1. The molecule has 0 spiro atoms. The van der Waals surface area contributed by atoms with Crippen LogP contribution < -0.4 is 5.73 Å². The Balaban J connectivity index is 1.92. The molecule has 5 heteroatoms. The largest absolute Gasteiger partial charge is 0.399 e. The maximum Gasteiger partial charge on any atom is 0.243 e. The first-order valence-electron chi connectivity index (χ1n) is 10.3. The number of anilines is 1. The van der Waals surface area contributed by atoms with E-state index in [9.17, 15) is 8.42 Å². The van der Waals surface area contributed by atoms with E-state index in [2.05, 4.69) is 26.8 Å². The van der Waals surface area contributed by atoms with Gasteiger partial charge in [-0.05, 0) is 68.2 Å². The van der Waals surface area contributed by atoms with E-state index in [1.807, 2.05) is 4.31 Å². The minimum atomic E-state index is -3.52. The summed E-state index contributed by atoms with van der Waals surface area (Å²) in [6.45, 7) is 7.31. The van der Waals surface area contributed by atoms with Crippen LogP contribution in [0.15, 0.2) is 40.8 Å². The van der Waals surface area contributed by atoms with Gasteiger partial charge in [-0.25, -0.2) is 8.42 Å². The predicted molar refractivity (Wildman–Crippen MR) is 112 cm³/mol. The van der Waals surface area contributed by atoms with Crippen LogP contribution in [0.3, 0.4) is 0 Å². The number of rotatable bonds is 5. The molecule has 27 heavy (non-hydrogen) atoms. The zero-order valence-electron chi connectivity index (χ0n) is 16.9. The van der Waals surface area contributed by atoms with E-state index in [1.165, 1.54) is 12.0 Å². The van der Waals surface area contributed by atoms with Gasteiger partial charge in [0.2, 0.25) is 10.0 Å². The summed E-state index contributed by atoms with van der Waals surface area (Å²) in [6, 6.07) is 6.79. The Morgan fingerprint density at radius 3 is 2.30 bits per heavy atom. The van der Waals surface area contributed by atoms with Gasteiger partial charge in [-0.1, -0.05) is 44.8 Å². The van der Waals surface area contributed by atoms with E-state index >= 15 is 0 Å². The molecule has 0 unspecified atom stereocenters. The summed E-state index contributed by atoms with van der Waals surface area (Å²) in [5.74, 6) is 1.26. The molecule has 1 aromatic carbocycles. The fraction of sp³-hybridized carbons (Fsp3) is 0.636. The predicted octanol–water partition coefficient (Wildman–Crippen LogP) is 4.83. The zero-order valence-corrected chi connectivity index (χ0v) is 17.7. The van der Waals surface area contributed by atoms with Crippen LogP contribution in [-0.4, -0.2) is 25.3 Å². The Bertz CT molecular complexity index is 764. The highest BCUT2D eigenvalue weighted by atomic mass is 32.2. The van der Waals surface area contributed by atoms with E-state index in [-0.39, 0.29) is 6.04 Å². The van der Waals surface area contributed by atoms with Crippen molar-refractivity contribution in [3.8, 4) is 0 Å². The molecule has 0 amide bonds. The minimum Gasteiger partial charge on any atom is -0.399 e. The van der Waals surface area contributed by atoms with Gasteiger partial charge in [0.25, 0.3) is 0 Å². The van der Waals surface area contributed by atoms with Crippen molar-refractivity contribution >= 4 is 15.7 Å². The van der Waals surface area contributed by atoms with E-state index in [0.29, 0.717) is 34.9 Å². The van der Waals surface area contributed by atoms with Gasteiger partial charge in [-0.2, -0.15) is 4.31 Å². The summed E-state index contributed by atoms with van der Waals surface area (Å²) in [5.41, 5.74) is 7.79. The molecule has 1 saturated carbocycles. The molecule has 1 aromatic rings. The second-order valence-corrected chi connectivity index (χ2v) is 10.5. The Morgan fingerprint density at radius 2 is 1.70 bits per heavy atom. The number of nitrogens with zero attached hydrogens (tertiary/aromatic N) is 1. The number of allylic oxidation sites excluding steroid dienone is 2. The number of hydrogen-bond acceptors (Lipinski definition) is 3. The molecule has 3 rings (SSSR count). The van der Waals surface area contributed by atoms with Crippen LogP contribution in [0.1, 0.15) is 59.3 Å².